The minimum atomic E-state index is -1.06. The van der Waals surface area contributed by atoms with E-state index in [1.54, 1.807) is 31.4 Å². The molecule has 1 aliphatic rings. The number of ketones is 2. The monoisotopic (exact) mass is 492 g/mol. The summed E-state index contributed by atoms with van der Waals surface area (Å²) < 4.78 is 16.4. The fraction of sp³-hybridized carbons (Fsp3) is 0.400. The molecule has 0 unspecified atom stereocenters. The standard InChI is InChI=1S/C30H36O6/c1-21(2)20-36-27-19-23(9-13-25(27)34-3)11-15-29(33)30(16-6-5-7-17-30)28(32)14-10-22-8-12-24(31)26(18-22)35-4/h8-15,18-19,21,31H,5-7,16-17,20H2,1-4H3/b14-10+,15-11+. The Balaban J connectivity index is 1.82. The molecule has 0 heterocycles. The number of carbonyl (C=O) groups excluding carboxylic acids is 2. The molecule has 3 rings (SSSR count). The highest BCUT2D eigenvalue weighted by Crippen LogP contribution is 2.39. The van der Waals surface area contributed by atoms with Crippen molar-refractivity contribution < 1.29 is 28.9 Å². The van der Waals surface area contributed by atoms with Gasteiger partial charge in [0.1, 0.15) is 0 Å². The summed E-state index contributed by atoms with van der Waals surface area (Å²) in [6, 6.07) is 10.4. The van der Waals surface area contributed by atoms with Gasteiger partial charge >= 0.3 is 0 Å². The first-order chi connectivity index (χ1) is 17.3. The van der Waals surface area contributed by atoms with Gasteiger partial charge in [-0.2, -0.15) is 0 Å². The maximum Gasteiger partial charge on any atom is 0.169 e. The highest BCUT2D eigenvalue weighted by molar-refractivity contribution is 6.17. The highest BCUT2D eigenvalue weighted by atomic mass is 16.5. The molecule has 1 aliphatic carbocycles. The van der Waals surface area contributed by atoms with Gasteiger partial charge in [-0.25, -0.2) is 0 Å². The van der Waals surface area contributed by atoms with Crippen LogP contribution in [0.15, 0.2) is 48.6 Å². The fourth-order valence-corrected chi connectivity index (χ4v) is 4.40. The number of carbonyl (C=O) groups is 2. The van der Waals surface area contributed by atoms with E-state index in [4.69, 9.17) is 14.2 Å². The molecule has 0 amide bonds. The predicted molar refractivity (Wildman–Crippen MR) is 142 cm³/mol. The number of allylic oxidation sites excluding steroid dienone is 2. The molecule has 0 bridgehead atoms. The van der Waals surface area contributed by atoms with Gasteiger partial charge in [-0.3, -0.25) is 9.59 Å². The largest absolute Gasteiger partial charge is 0.504 e. The van der Waals surface area contributed by atoms with Crippen LogP contribution in [0.25, 0.3) is 12.2 Å². The van der Waals surface area contributed by atoms with Crippen molar-refractivity contribution in [2.45, 2.75) is 46.0 Å². The van der Waals surface area contributed by atoms with E-state index in [-0.39, 0.29) is 17.3 Å². The van der Waals surface area contributed by atoms with E-state index in [2.05, 4.69) is 13.8 Å². The van der Waals surface area contributed by atoms with Gasteiger partial charge in [-0.1, -0.05) is 57.4 Å². The average Bonchev–Trinajstić information content (AvgIpc) is 2.90. The molecule has 1 saturated carbocycles. The summed E-state index contributed by atoms with van der Waals surface area (Å²) in [5, 5.41) is 9.80. The first-order valence-corrected chi connectivity index (χ1v) is 12.4. The second kappa shape index (κ2) is 12.4. The number of hydrogen-bond acceptors (Lipinski definition) is 6. The van der Waals surface area contributed by atoms with Gasteiger partial charge in [-0.05, 0) is 66.3 Å². The lowest BCUT2D eigenvalue weighted by atomic mass is 9.68. The maximum absolute atomic E-state index is 13.5. The van der Waals surface area contributed by atoms with Gasteiger partial charge in [0.25, 0.3) is 0 Å². The van der Waals surface area contributed by atoms with Crippen LogP contribution in [0.3, 0.4) is 0 Å². The van der Waals surface area contributed by atoms with Crippen LogP contribution in [-0.4, -0.2) is 37.5 Å². The van der Waals surface area contributed by atoms with Gasteiger partial charge in [-0.15, -0.1) is 0 Å². The number of phenolic OH excluding ortho intramolecular Hbond substituents is 1. The zero-order valence-corrected chi connectivity index (χ0v) is 21.6. The lowest BCUT2D eigenvalue weighted by molar-refractivity contribution is -0.137. The van der Waals surface area contributed by atoms with Crippen molar-refractivity contribution in [3.8, 4) is 23.0 Å². The summed E-state index contributed by atoms with van der Waals surface area (Å²) >= 11 is 0. The smallest absolute Gasteiger partial charge is 0.169 e. The Morgan fingerprint density at radius 3 is 1.97 bits per heavy atom. The normalized spacial score (nSPS) is 15.4. The van der Waals surface area contributed by atoms with E-state index in [1.807, 2.05) is 18.2 Å². The summed E-state index contributed by atoms with van der Waals surface area (Å²) in [6.07, 6.45) is 10.2. The summed E-state index contributed by atoms with van der Waals surface area (Å²) in [7, 11) is 3.06. The zero-order chi connectivity index (χ0) is 26.1. The molecule has 0 saturated heterocycles. The molecule has 0 aromatic heterocycles. The van der Waals surface area contributed by atoms with Gasteiger partial charge < -0.3 is 19.3 Å². The maximum atomic E-state index is 13.5. The highest BCUT2D eigenvalue weighted by Gasteiger charge is 2.43. The molecular weight excluding hydrogens is 456 g/mol. The van der Waals surface area contributed by atoms with Crippen LogP contribution in [-0.2, 0) is 9.59 Å². The van der Waals surface area contributed by atoms with Crippen molar-refractivity contribution in [3.05, 3.63) is 59.7 Å². The van der Waals surface area contributed by atoms with Crippen LogP contribution in [0.1, 0.15) is 57.1 Å². The minimum absolute atomic E-state index is 0.0290. The summed E-state index contributed by atoms with van der Waals surface area (Å²) in [5.74, 6) is 1.60. The molecule has 2 aromatic carbocycles. The average molecular weight is 493 g/mol. The SMILES string of the molecule is COc1cc(/C=C/C(=O)C2(C(=O)/C=C/c3ccc(OC)c(OCC(C)C)c3)CCCCC2)ccc1O. The Morgan fingerprint density at radius 2 is 1.42 bits per heavy atom. The van der Waals surface area contributed by atoms with Crippen molar-refractivity contribution in [2.75, 3.05) is 20.8 Å². The van der Waals surface area contributed by atoms with Crippen LogP contribution in [0.4, 0.5) is 0 Å². The van der Waals surface area contributed by atoms with Gasteiger partial charge in [0, 0.05) is 0 Å². The van der Waals surface area contributed by atoms with Gasteiger partial charge in [0.05, 0.1) is 26.2 Å². The molecule has 0 aliphatic heterocycles. The van der Waals surface area contributed by atoms with E-state index >= 15 is 0 Å². The van der Waals surface area contributed by atoms with Crippen molar-refractivity contribution in [1.82, 2.24) is 0 Å². The fourth-order valence-electron chi connectivity index (χ4n) is 4.40. The van der Waals surface area contributed by atoms with Crippen LogP contribution in [0.2, 0.25) is 0 Å². The first kappa shape index (κ1) is 27.1. The molecule has 0 atom stereocenters. The van der Waals surface area contributed by atoms with Gasteiger partial charge in [0.2, 0.25) is 0 Å². The lowest BCUT2D eigenvalue weighted by Crippen LogP contribution is -2.39. The molecule has 1 fully saturated rings. The summed E-state index contributed by atoms with van der Waals surface area (Å²) in [4.78, 5) is 26.9. The van der Waals surface area contributed by atoms with Crippen molar-refractivity contribution in [3.63, 3.8) is 0 Å². The quantitative estimate of drug-likeness (QED) is 0.295. The van der Waals surface area contributed by atoms with Crippen LogP contribution < -0.4 is 14.2 Å². The molecular formula is C30H36O6. The third kappa shape index (κ3) is 6.56. The second-order valence-corrected chi connectivity index (χ2v) is 9.58. The van der Waals surface area contributed by atoms with Crippen molar-refractivity contribution >= 4 is 23.7 Å². The van der Waals surface area contributed by atoms with E-state index in [0.717, 1.165) is 24.8 Å². The molecule has 36 heavy (non-hydrogen) atoms. The van der Waals surface area contributed by atoms with E-state index in [0.29, 0.717) is 48.2 Å². The Kier molecular flexibility index (Phi) is 9.34. The van der Waals surface area contributed by atoms with Crippen LogP contribution in [0.5, 0.6) is 23.0 Å². The molecule has 0 radical (unpaired) electrons. The summed E-state index contributed by atoms with van der Waals surface area (Å²) in [6.45, 7) is 4.70. The number of ether oxygens (including phenoxy) is 3. The molecule has 6 nitrogen and oxygen atoms in total. The summed E-state index contributed by atoms with van der Waals surface area (Å²) in [5.41, 5.74) is 0.447. The number of aromatic hydroxyl groups is 1. The third-order valence-corrected chi connectivity index (χ3v) is 6.47. The second-order valence-electron chi connectivity index (χ2n) is 9.58. The molecule has 6 heteroatoms. The van der Waals surface area contributed by atoms with E-state index < -0.39 is 5.41 Å². The zero-order valence-electron chi connectivity index (χ0n) is 21.6. The lowest BCUT2D eigenvalue weighted by Gasteiger charge is -2.32. The predicted octanol–water partition coefficient (Wildman–Crippen LogP) is 6.26. The molecule has 2 aromatic rings. The first-order valence-electron chi connectivity index (χ1n) is 12.4. The Morgan fingerprint density at radius 1 is 0.861 bits per heavy atom. The van der Waals surface area contributed by atoms with Crippen LogP contribution in [0, 0.1) is 11.3 Å². The van der Waals surface area contributed by atoms with Crippen molar-refractivity contribution in [1.29, 1.82) is 0 Å². The molecule has 0 spiro atoms. The van der Waals surface area contributed by atoms with Gasteiger partial charge in [0.15, 0.2) is 34.6 Å². The molecule has 1 N–H and O–H groups in total. The topological polar surface area (TPSA) is 82.1 Å². The number of phenols is 1. The van der Waals surface area contributed by atoms with Crippen LogP contribution >= 0.6 is 0 Å². The number of rotatable bonds is 11. The number of hydrogen-bond donors (Lipinski definition) is 1. The number of methoxy groups -OCH3 is 2. The Bertz CT molecular complexity index is 1120. The third-order valence-electron chi connectivity index (χ3n) is 6.47. The van der Waals surface area contributed by atoms with Crippen molar-refractivity contribution in [2.24, 2.45) is 11.3 Å². The minimum Gasteiger partial charge on any atom is -0.504 e. The Hall–Kier alpha value is -3.54. The molecule has 192 valence electrons. The van der Waals surface area contributed by atoms with E-state index in [9.17, 15) is 14.7 Å². The Labute approximate surface area is 213 Å². The number of benzene rings is 2. The van der Waals surface area contributed by atoms with E-state index in [1.165, 1.54) is 25.3 Å².